The summed E-state index contributed by atoms with van der Waals surface area (Å²) in [5, 5.41) is 3.28. The number of anilines is 1. The lowest BCUT2D eigenvalue weighted by molar-refractivity contribution is -0.129. The minimum absolute atomic E-state index is 0.0151. The molecule has 2 amide bonds. The van der Waals surface area contributed by atoms with Crippen LogP contribution in [-0.2, 0) is 22.5 Å². The first kappa shape index (κ1) is 19.9. The van der Waals surface area contributed by atoms with E-state index in [-0.39, 0.29) is 18.4 Å². The molecule has 0 aliphatic carbocycles. The van der Waals surface area contributed by atoms with E-state index < -0.39 is 5.97 Å². The van der Waals surface area contributed by atoms with Crippen LogP contribution in [0.25, 0.3) is 0 Å². The molecule has 28 heavy (non-hydrogen) atoms. The average Bonchev–Trinajstić information content (AvgIpc) is 3.05. The van der Waals surface area contributed by atoms with Crippen molar-refractivity contribution in [2.75, 3.05) is 25.6 Å². The van der Waals surface area contributed by atoms with Gasteiger partial charge in [-0.15, -0.1) is 11.3 Å². The van der Waals surface area contributed by atoms with Crippen LogP contribution in [0.3, 0.4) is 0 Å². The van der Waals surface area contributed by atoms with Crippen LogP contribution in [0.2, 0.25) is 0 Å². The van der Waals surface area contributed by atoms with Crippen molar-refractivity contribution in [2.24, 2.45) is 0 Å². The van der Waals surface area contributed by atoms with Gasteiger partial charge >= 0.3 is 5.97 Å². The number of fused-ring (bicyclic) bond motifs is 1. The average molecular weight is 402 g/mol. The Kier molecular flexibility index (Phi) is 5.99. The van der Waals surface area contributed by atoms with Crippen LogP contribution in [-0.4, -0.2) is 42.9 Å². The maximum Gasteiger partial charge on any atom is 0.341 e. The predicted octanol–water partition coefficient (Wildman–Crippen LogP) is 3.09. The lowest BCUT2D eigenvalue weighted by atomic mass is 10.0. The van der Waals surface area contributed by atoms with Gasteiger partial charge in [-0.2, -0.15) is 0 Å². The highest BCUT2D eigenvalue weighted by atomic mass is 32.1. The second-order valence-electron chi connectivity index (χ2n) is 6.31. The standard InChI is InChI=1S/C20H22N2O5S/c1-4-27-20(25)17-15-8-9-22(12(2)23)11-16(15)28-19(17)21-18(24)13-6-5-7-14(10-13)26-3/h5-7,10H,4,8-9,11H2,1-3H3,(H,21,24). The molecule has 8 heteroatoms. The number of ether oxygens (including phenoxy) is 2. The smallest absolute Gasteiger partial charge is 0.341 e. The van der Waals surface area contributed by atoms with Crippen molar-refractivity contribution in [1.82, 2.24) is 4.90 Å². The topological polar surface area (TPSA) is 84.9 Å². The number of nitrogens with one attached hydrogen (secondary N) is 1. The number of thiophene rings is 1. The van der Waals surface area contributed by atoms with Gasteiger partial charge in [0, 0.05) is 23.9 Å². The van der Waals surface area contributed by atoms with Gasteiger partial charge in [0.05, 0.1) is 25.8 Å². The highest BCUT2D eigenvalue weighted by molar-refractivity contribution is 7.17. The molecular formula is C20H22N2O5S. The van der Waals surface area contributed by atoms with Gasteiger partial charge in [-0.25, -0.2) is 4.79 Å². The molecule has 0 spiro atoms. The van der Waals surface area contributed by atoms with Gasteiger partial charge in [-0.3, -0.25) is 9.59 Å². The monoisotopic (exact) mass is 402 g/mol. The summed E-state index contributed by atoms with van der Waals surface area (Å²) in [4.78, 5) is 39.6. The third-order valence-electron chi connectivity index (χ3n) is 4.54. The lowest BCUT2D eigenvalue weighted by Crippen LogP contribution is -2.34. The molecule has 2 heterocycles. The van der Waals surface area contributed by atoms with E-state index in [4.69, 9.17) is 9.47 Å². The molecule has 0 fully saturated rings. The van der Waals surface area contributed by atoms with Gasteiger partial charge < -0.3 is 19.7 Å². The van der Waals surface area contributed by atoms with E-state index in [1.54, 1.807) is 36.1 Å². The van der Waals surface area contributed by atoms with Crippen LogP contribution in [0.5, 0.6) is 5.75 Å². The van der Waals surface area contributed by atoms with Gasteiger partial charge in [0.25, 0.3) is 5.91 Å². The van der Waals surface area contributed by atoms with Crippen LogP contribution >= 0.6 is 11.3 Å². The number of esters is 1. The zero-order chi connectivity index (χ0) is 20.3. The fourth-order valence-electron chi connectivity index (χ4n) is 3.12. The molecule has 7 nitrogen and oxygen atoms in total. The molecule has 0 saturated heterocycles. The number of hydrogen-bond acceptors (Lipinski definition) is 6. The van der Waals surface area contributed by atoms with Gasteiger partial charge in [0.1, 0.15) is 10.8 Å². The van der Waals surface area contributed by atoms with E-state index in [1.165, 1.54) is 25.4 Å². The maximum atomic E-state index is 12.7. The third-order valence-corrected chi connectivity index (χ3v) is 5.67. The van der Waals surface area contributed by atoms with Crippen molar-refractivity contribution in [3.05, 3.63) is 45.8 Å². The summed E-state index contributed by atoms with van der Waals surface area (Å²) >= 11 is 1.31. The number of hydrogen-bond donors (Lipinski definition) is 1. The SMILES string of the molecule is CCOC(=O)c1c(NC(=O)c2cccc(OC)c2)sc2c1CCN(C(C)=O)C2. The van der Waals surface area contributed by atoms with E-state index in [1.807, 2.05) is 0 Å². The fraction of sp³-hybridized carbons (Fsp3) is 0.350. The second kappa shape index (κ2) is 8.43. The summed E-state index contributed by atoms with van der Waals surface area (Å²) in [5.41, 5.74) is 1.66. The number of methoxy groups -OCH3 is 1. The molecule has 1 aliphatic heterocycles. The summed E-state index contributed by atoms with van der Waals surface area (Å²) in [6.45, 7) is 4.47. The number of rotatable bonds is 5. The first-order valence-electron chi connectivity index (χ1n) is 8.97. The summed E-state index contributed by atoms with van der Waals surface area (Å²) in [6.07, 6.45) is 0.550. The normalized spacial score (nSPS) is 12.9. The van der Waals surface area contributed by atoms with E-state index in [0.29, 0.717) is 41.4 Å². The zero-order valence-electron chi connectivity index (χ0n) is 16.0. The maximum absolute atomic E-state index is 12.7. The molecule has 1 aromatic carbocycles. The summed E-state index contributed by atoms with van der Waals surface area (Å²) in [7, 11) is 1.53. The lowest BCUT2D eigenvalue weighted by Gasteiger charge is -2.25. The third kappa shape index (κ3) is 4.01. The molecule has 0 atom stereocenters. The quantitative estimate of drug-likeness (QED) is 0.777. The van der Waals surface area contributed by atoms with Crippen LogP contribution in [0.15, 0.2) is 24.3 Å². The Hall–Kier alpha value is -2.87. The number of carbonyl (C=O) groups excluding carboxylic acids is 3. The first-order valence-corrected chi connectivity index (χ1v) is 9.78. The fourth-order valence-corrected chi connectivity index (χ4v) is 4.37. The summed E-state index contributed by atoms with van der Waals surface area (Å²) < 4.78 is 10.4. The Morgan fingerprint density at radius 2 is 2.07 bits per heavy atom. The largest absolute Gasteiger partial charge is 0.497 e. The van der Waals surface area contributed by atoms with E-state index in [2.05, 4.69) is 5.32 Å². The molecule has 0 bridgehead atoms. The van der Waals surface area contributed by atoms with Crippen molar-refractivity contribution in [1.29, 1.82) is 0 Å². The van der Waals surface area contributed by atoms with Crippen molar-refractivity contribution in [3.8, 4) is 5.75 Å². The number of amides is 2. The highest BCUT2D eigenvalue weighted by Gasteiger charge is 2.30. The molecule has 148 valence electrons. The van der Waals surface area contributed by atoms with Gasteiger partial charge in [-0.05, 0) is 37.1 Å². The summed E-state index contributed by atoms with van der Waals surface area (Å²) in [6, 6.07) is 6.78. The Morgan fingerprint density at radius 1 is 1.29 bits per heavy atom. The molecule has 0 unspecified atom stereocenters. The number of nitrogens with zero attached hydrogens (tertiary/aromatic N) is 1. The molecule has 0 saturated carbocycles. The molecule has 2 aromatic rings. The van der Waals surface area contributed by atoms with Crippen LogP contribution in [0, 0.1) is 0 Å². The number of benzene rings is 1. The van der Waals surface area contributed by atoms with Crippen LogP contribution < -0.4 is 10.1 Å². The van der Waals surface area contributed by atoms with Gasteiger partial charge in [0.2, 0.25) is 5.91 Å². The van der Waals surface area contributed by atoms with E-state index in [0.717, 1.165) is 10.4 Å². The minimum Gasteiger partial charge on any atom is -0.497 e. The van der Waals surface area contributed by atoms with E-state index >= 15 is 0 Å². The van der Waals surface area contributed by atoms with Crippen molar-refractivity contribution in [2.45, 2.75) is 26.8 Å². The highest BCUT2D eigenvalue weighted by Crippen LogP contribution is 2.38. The summed E-state index contributed by atoms with van der Waals surface area (Å²) in [5.74, 6) is -0.247. The van der Waals surface area contributed by atoms with Gasteiger partial charge in [0.15, 0.2) is 0 Å². The predicted molar refractivity (Wildman–Crippen MR) is 106 cm³/mol. The Labute approximate surface area is 167 Å². The molecule has 1 N–H and O–H groups in total. The molecule has 3 rings (SSSR count). The minimum atomic E-state index is -0.461. The molecule has 1 aromatic heterocycles. The molecule has 1 aliphatic rings. The van der Waals surface area contributed by atoms with Crippen molar-refractivity contribution in [3.63, 3.8) is 0 Å². The molecular weight excluding hydrogens is 380 g/mol. The Bertz CT molecular complexity index is 921. The second-order valence-corrected chi connectivity index (χ2v) is 7.41. The van der Waals surface area contributed by atoms with Gasteiger partial charge in [-0.1, -0.05) is 6.07 Å². The zero-order valence-corrected chi connectivity index (χ0v) is 16.9. The Morgan fingerprint density at radius 3 is 2.75 bits per heavy atom. The Balaban J connectivity index is 1.94. The molecule has 0 radical (unpaired) electrons. The van der Waals surface area contributed by atoms with E-state index in [9.17, 15) is 14.4 Å². The van der Waals surface area contributed by atoms with Crippen molar-refractivity contribution < 1.29 is 23.9 Å². The van der Waals surface area contributed by atoms with Crippen molar-refractivity contribution >= 4 is 34.1 Å². The van der Waals surface area contributed by atoms with Crippen LogP contribution in [0.4, 0.5) is 5.00 Å². The first-order chi connectivity index (χ1) is 13.4. The number of carbonyl (C=O) groups is 3. The van der Waals surface area contributed by atoms with Crippen LogP contribution in [0.1, 0.15) is 45.0 Å².